The zero-order valence-corrected chi connectivity index (χ0v) is 18.8. The largest absolute Gasteiger partial charge is 0.497 e. The molecule has 7 nitrogen and oxygen atoms in total. The number of rotatable bonds is 6. The van der Waals surface area contributed by atoms with E-state index >= 15 is 0 Å². The predicted molar refractivity (Wildman–Crippen MR) is 122 cm³/mol. The van der Waals surface area contributed by atoms with Crippen LogP contribution in [0, 0.1) is 0 Å². The number of ether oxygens (including phenoxy) is 3. The van der Waals surface area contributed by atoms with Gasteiger partial charge in [0, 0.05) is 5.56 Å². The lowest BCUT2D eigenvalue weighted by atomic mass is 10.1. The fourth-order valence-corrected chi connectivity index (χ4v) is 5.77. The first-order chi connectivity index (χ1) is 15.9. The molecule has 1 saturated heterocycles. The van der Waals surface area contributed by atoms with Crippen LogP contribution in [0.25, 0.3) is 0 Å². The van der Waals surface area contributed by atoms with Gasteiger partial charge in [-0.2, -0.15) is 0 Å². The number of amides is 1. The maximum atomic E-state index is 12.1. The van der Waals surface area contributed by atoms with Crippen LogP contribution in [0.2, 0.25) is 0 Å². The topological polar surface area (TPSA) is 90.9 Å². The number of methoxy groups -OCH3 is 1. The van der Waals surface area contributed by atoms with Crippen LogP contribution in [0.3, 0.4) is 0 Å². The van der Waals surface area contributed by atoms with E-state index in [2.05, 4.69) is 0 Å². The van der Waals surface area contributed by atoms with E-state index < -0.39 is 21.2 Å². The molecular formula is C25H23NO6S. The Morgan fingerprint density at radius 3 is 2.27 bits per heavy atom. The Bertz CT molecular complexity index is 1290. The zero-order valence-electron chi connectivity index (χ0n) is 18.0. The fourth-order valence-electron chi connectivity index (χ4n) is 4.34. The van der Waals surface area contributed by atoms with Crippen molar-refractivity contribution < 1.29 is 27.4 Å². The van der Waals surface area contributed by atoms with Gasteiger partial charge < -0.3 is 14.2 Å². The SMILES string of the molecule is COc1ccc(Oc2cccc3c2CC[C@H]3Oc2ccc(C3CC(=O)NS3(=O)=O)cc2)cc1. The molecule has 2 aliphatic rings. The first kappa shape index (κ1) is 21.3. The smallest absolute Gasteiger partial charge is 0.242 e. The average Bonchev–Trinajstić information content (AvgIpc) is 3.34. The molecule has 5 rings (SSSR count). The van der Waals surface area contributed by atoms with E-state index in [0.29, 0.717) is 11.3 Å². The van der Waals surface area contributed by atoms with Crippen LogP contribution in [0.15, 0.2) is 66.7 Å². The number of carbonyl (C=O) groups excluding carboxylic acids is 1. The summed E-state index contributed by atoms with van der Waals surface area (Å²) in [5.41, 5.74) is 2.78. The van der Waals surface area contributed by atoms with Gasteiger partial charge in [0.25, 0.3) is 0 Å². The van der Waals surface area contributed by atoms with Crippen molar-refractivity contribution in [1.82, 2.24) is 4.72 Å². The van der Waals surface area contributed by atoms with Gasteiger partial charge in [0.15, 0.2) is 0 Å². The maximum Gasteiger partial charge on any atom is 0.242 e. The molecule has 0 saturated carbocycles. The molecule has 1 aliphatic heterocycles. The highest BCUT2D eigenvalue weighted by atomic mass is 32.2. The van der Waals surface area contributed by atoms with Gasteiger partial charge in [-0.15, -0.1) is 0 Å². The van der Waals surface area contributed by atoms with E-state index in [-0.39, 0.29) is 12.5 Å². The molecule has 3 aromatic carbocycles. The van der Waals surface area contributed by atoms with Crippen LogP contribution in [-0.2, 0) is 21.2 Å². The monoisotopic (exact) mass is 465 g/mol. The molecule has 1 N–H and O–H groups in total. The lowest BCUT2D eigenvalue weighted by molar-refractivity contribution is -0.118. The summed E-state index contributed by atoms with van der Waals surface area (Å²) in [6.45, 7) is 0. The first-order valence-electron chi connectivity index (χ1n) is 10.7. The molecule has 1 heterocycles. The number of sulfonamides is 1. The van der Waals surface area contributed by atoms with Crippen molar-refractivity contribution >= 4 is 15.9 Å². The second-order valence-corrected chi connectivity index (χ2v) is 9.94. The minimum absolute atomic E-state index is 0.0600. The highest BCUT2D eigenvalue weighted by molar-refractivity contribution is 7.90. The third-order valence-electron chi connectivity index (χ3n) is 5.99. The van der Waals surface area contributed by atoms with Crippen molar-refractivity contribution in [3.63, 3.8) is 0 Å². The molecule has 1 amide bonds. The highest BCUT2D eigenvalue weighted by Gasteiger charge is 2.37. The van der Waals surface area contributed by atoms with Gasteiger partial charge in [-0.3, -0.25) is 9.52 Å². The average molecular weight is 466 g/mol. The Labute approximate surface area is 192 Å². The molecule has 1 fully saturated rings. The second kappa shape index (κ2) is 8.44. The number of fused-ring (bicyclic) bond motifs is 1. The first-order valence-corrected chi connectivity index (χ1v) is 12.2. The summed E-state index contributed by atoms with van der Waals surface area (Å²) in [5, 5.41) is -0.857. The van der Waals surface area contributed by atoms with Gasteiger partial charge in [0.1, 0.15) is 34.4 Å². The zero-order chi connectivity index (χ0) is 23.0. The summed E-state index contributed by atoms with van der Waals surface area (Å²) in [6.07, 6.45) is 1.47. The molecule has 1 unspecified atom stereocenters. The highest BCUT2D eigenvalue weighted by Crippen LogP contribution is 2.41. The van der Waals surface area contributed by atoms with Gasteiger partial charge in [-0.25, -0.2) is 8.42 Å². The molecule has 33 heavy (non-hydrogen) atoms. The van der Waals surface area contributed by atoms with E-state index in [0.717, 1.165) is 41.2 Å². The van der Waals surface area contributed by atoms with Gasteiger partial charge in [0.2, 0.25) is 15.9 Å². The van der Waals surface area contributed by atoms with E-state index in [1.54, 1.807) is 31.4 Å². The van der Waals surface area contributed by atoms with Crippen molar-refractivity contribution in [1.29, 1.82) is 0 Å². The van der Waals surface area contributed by atoms with E-state index in [9.17, 15) is 13.2 Å². The van der Waals surface area contributed by atoms with Crippen molar-refractivity contribution in [3.05, 3.63) is 83.4 Å². The van der Waals surface area contributed by atoms with E-state index in [4.69, 9.17) is 14.2 Å². The Balaban J connectivity index is 1.31. The Morgan fingerprint density at radius 1 is 0.909 bits per heavy atom. The molecule has 8 heteroatoms. The number of carbonyl (C=O) groups is 1. The third-order valence-corrected chi connectivity index (χ3v) is 7.69. The molecule has 3 aromatic rings. The lowest BCUT2D eigenvalue weighted by Crippen LogP contribution is -2.21. The molecule has 0 aromatic heterocycles. The number of benzene rings is 3. The lowest BCUT2D eigenvalue weighted by Gasteiger charge is -2.17. The van der Waals surface area contributed by atoms with Gasteiger partial charge in [-0.1, -0.05) is 24.3 Å². The molecular weight excluding hydrogens is 442 g/mol. The number of hydrogen-bond acceptors (Lipinski definition) is 6. The van der Waals surface area contributed by atoms with Crippen LogP contribution < -0.4 is 18.9 Å². The minimum atomic E-state index is -3.66. The predicted octanol–water partition coefficient (Wildman–Crippen LogP) is 4.44. The third kappa shape index (κ3) is 4.26. The normalized spacial score (nSPS) is 20.7. The van der Waals surface area contributed by atoms with Crippen LogP contribution in [-0.4, -0.2) is 21.4 Å². The van der Waals surface area contributed by atoms with Gasteiger partial charge >= 0.3 is 0 Å². The summed E-state index contributed by atoms with van der Waals surface area (Å²) in [4.78, 5) is 11.5. The maximum absolute atomic E-state index is 12.1. The number of hydrogen-bond donors (Lipinski definition) is 1. The number of nitrogens with one attached hydrogen (secondary N) is 1. The molecule has 0 radical (unpaired) electrons. The quantitative estimate of drug-likeness (QED) is 0.579. The summed E-state index contributed by atoms with van der Waals surface area (Å²) >= 11 is 0. The Morgan fingerprint density at radius 2 is 1.61 bits per heavy atom. The van der Waals surface area contributed by atoms with E-state index in [1.165, 1.54) is 0 Å². The Kier molecular flexibility index (Phi) is 5.46. The van der Waals surface area contributed by atoms with Gasteiger partial charge in [-0.05, 0) is 66.4 Å². The van der Waals surface area contributed by atoms with Gasteiger partial charge in [0.05, 0.1) is 13.5 Å². The van der Waals surface area contributed by atoms with Crippen LogP contribution in [0.4, 0.5) is 0 Å². The van der Waals surface area contributed by atoms with Crippen molar-refractivity contribution in [3.8, 4) is 23.0 Å². The molecule has 2 atom stereocenters. The summed E-state index contributed by atoms with van der Waals surface area (Å²) in [6, 6.07) is 20.3. The Hall–Kier alpha value is -3.52. The van der Waals surface area contributed by atoms with E-state index in [1.807, 2.05) is 47.2 Å². The standard InChI is InChI=1S/C25H23NO6S/c1-30-17-9-11-19(12-10-17)31-22-4-2-3-20-21(22)13-14-23(20)32-18-7-5-16(6-8-18)24-15-25(27)26-33(24,28)29/h2-12,23-24H,13-15H2,1H3,(H,26,27)/t23-,24?/m1/s1. The van der Waals surface area contributed by atoms with Crippen LogP contribution in [0.5, 0.6) is 23.0 Å². The summed E-state index contributed by atoms with van der Waals surface area (Å²) in [7, 11) is -2.03. The molecule has 0 bridgehead atoms. The van der Waals surface area contributed by atoms with Crippen LogP contribution in [0.1, 0.15) is 40.9 Å². The summed E-state index contributed by atoms with van der Waals surface area (Å²) in [5.74, 6) is 2.48. The fraction of sp³-hybridized carbons (Fsp3) is 0.240. The second-order valence-electron chi connectivity index (χ2n) is 8.08. The molecule has 1 aliphatic carbocycles. The summed E-state index contributed by atoms with van der Waals surface area (Å²) < 4.78 is 43.8. The van der Waals surface area contributed by atoms with Crippen molar-refractivity contribution in [2.24, 2.45) is 0 Å². The van der Waals surface area contributed by atoms with Crippen LogP contribution >= 0.6 is 0 Å². The molecule has 170 valence electrons. The van der Waals surface area contributed by atoms with Crippen molar-refractivity contribution in [2.75, 3.05) is 7.11 Å². The molecule has 0 spiro atoms. The minimum Gasteiger partial charge on any atom is -0.497 e. The van der Waals surface area contributed by atoms with Crippen molar-refractivity contribution in [2.45, 2.75) is 30.6 Å².